The number of hydrogen-bond donors (Lipinski definition) is 2. The summed E-state index contributed by atoms with van der Waals surface area (Å²) in [6, 6.07) is 1.77. The van der Waals surface area contributed by atoms with E-state index in [2.05, 4.69) is 47.8 Å². The highest BCUT2D eigenvalue weighted by Gasteiger charge is 2.38. The third-order valence-electron chi connectivity index (χ3n) is 3.10. The number of anilines is 1. The first kappa shape index (κ1) is 15.7. The Morgan fingerprint density at radius 3 is 2.47 bits per heavy atom. The summed E-state index contributed by atoms with van der Waals surface area (Å²) in [4.78, 5) is 1.83. The minimum absolute atomic E-state index is 0.0291. The van der Waals surface area contributed by atoms with Gasteiger partial charge in [0.15, 0.2) is 12.4 Å². The zero-order valence-electron chi connectivity index (χ0n) is 9.94. The first-order chi connectivity index (χ1) is 8.94. The number of aliphatic hydroxyl groups is 2. The van der Waals surface area contributed by atoms with Gasteiger partial charge >= 0.3 is 0 Å². The SMILES string of the molecule is [O-][N+]1(CCO)CN(CCO)c2c1cc(Br)c(Br)c2Br. The number of β-amino-alcohol motifs (C(OH)–C–C–N with tert-alkyl or cyclic N) is 1. The molecule has 2 rings (SSSR count). The minimum atomic E-state index is -0.615. The molecule has 1 unspecified atom stereocenters. The van der Waals surface area contributed by atoms with Gasteiger partial charge < -0.3 is 25.0 Å². The summed E-state index contributed by atoms with van der Waals surface area (Å²) in [5.41, 5.74) is 1.36. The van der Waals surface area contributed by atoms with Crippen molar-refractivity contribution in [3.63, 3.8) is 0 Å². The molecule has 8 heteroatoms. The van der Waals surface area contributed by atoms with E-state index >= 15 is 0 Å². The molecule has 19 heavy (non-hydrogen) atoms. The number of nitrogens with zero attached hydrogens (tertiary/aromatic N) is 2. The van der Waals surface area contributed by atoms with Gasteiger partial charge in [0.05, 0.1) is 17.7 Å². The molecule has 0 saturated heterocycles. The monoisotopic (exact) mass is 458 g/mol. The zero-order valence-corrected chi connectivity index (χ0v) is 14.7. The van der Waals surface area contributed by atoms with Crippen LogP contribution in [0.2, 0.25) is 0 Å². The molecule has 106 valence electrons. The van der Waals surface area contributed by atoms with Gasteiger partial charge in [-0.25, -0.2) is 0 Å². The van der Waals surface area contributed by atoms with E-state index < -0.39 is 4.65 Å². The Labute approximate surface area is 136 Å². The lowest BCUT2D eigenvalue weighted by Gasteiger charge is -2.37. The Balaban J connectivity index is 2.58. The van der Waals surface area contributed by atoms with E-state index in [1.807, 2.05) is 4.90 Å². The molecule has 0 aromatic heterocycles. The molecule has 0 aliphatic carbocycles. The van der Waals surface area contributed by atoms with Crippen LogP contribution in [0.15, 0.2) is 19.5 Å². The average molecular weight is 461 g/mol. The number of hydrogen-bond acceptors (Lipinski definition) is 4. The lowest BCUT2D eigenvalue weighted by molar-refractivity contribution is 0.240. The Morgan fingerprint density at radius 2 is 1.89 bits per heavy atom. The molecule has 1 atom stereocenters. The van der Waals surface area contributed by atoms with E-state index in [0.717, 1.165) is 19.1 Å². The fourth-order valence-corrected chi connectivity index (χ4v) is 3.91. The highest BCUT2D eigenvalue weighted by molar-refractivity contribution is 9.14. The van der Waals surface area contributed by atoms with Crippen LogP contribution in [0.5, 0.6) is 0 Å². The van der Waals surface area contributed by atoms with Gasteiger partial charge in [-0.2, -0.15) is 0 Å². The molecule has 2 N–H and O–H groups in total. The van der Waals surface area contributed by atoms with Gasteiger partial charge in [-0.15, -0.1) is 0 Å². The van der Waals surface area contributed by atoms with Crippen molar-refractivity contribution in [2.75, 3.05) is 37.9 Å². The van der Waals surface area contributed by atoms with Gasteiger partial charge in [0.2, 0.25) is 0 Å². The Bertz CT molecular complexity index is 501. The highest BCUT2D eigenvalue weighted by atomic mass is 79.9. The second-order valence-corrected chi connectivity index (χ2v) is 6.76. The molecule has 1 aromatic rings. The number of rotatable bonds is 4. The van der Waals surface area contributed by atoms with Crippen molar-refractivity contribution >= 4 is 59.2 Å². The van der Waals surface area contributed by atoms with Crippen LogP contribution >= 0.6 is 47.8 Å². The van der Waals surface area contributed by atoms with Crippen molar-refractivity contribution < 1.29 is 10.2 Å². The predicted molar refractivity (Wildman–Crippen MR) is 86.0 cm³/mol. The lowest BCUT2D eigenvalue weighted by Crippen LogP contribution is -2.48. The normalized spacial score (nSPS) is 21.9. The quantitative estimate of drug-likeness (QED) is 0.412. The number of benzene rings is 1. The average Bonchev–Trinajstić information content (AvgIpc) is 2.61. The van der Waals surface area contributed by atoms with Gasteiger partial charge in [0, 0.05) is 21.6 Å². The number of quaternary nitrogens is 1. The first-order valence-electron chi connectivity index (χ1n) is 5.67. The fraction of sp³-hybridized carbons (Fsp3) is 0.455. The van der Waals surface area contributed by atoms with Crippen molar-refractivity contribution in [3.8, 4) is 0 Å². The molecule has 1 heterocycles. The number of aliphatic hydroxyl groups excluding tert-OH is 2. The van der Waals surface area contributed by atoms with Crippen molar-refractivity contribution in [3.05, 3.63) is 24.7 Å². The van der Waals surface area contributed by atoms with Gasteiger partial charge in [-0.1, -0.05) is 0 Å². The standard InChI is InChI=1S/C11H13Br3N2O3/c12-7-5-8-11(10(14)9(7)13)15(1-3-17)6-16(8,19)2-4-18/h5,17-18H,1-4,6H2. The lowest BCUT2D eigenvalue weighted by atomic mass is 10.2. The van der Waals surface area contributed by atoms with Crippen LogP contribution in [0.4, 0.5) is 11.4 Å². The molecule has 1 aliphatic heterocycles. The Morgan fingerprint density at radius 1 is 1.21 bits per heavy atom. The van der Waals surface area contributed by atoms with Crippen molar-refractivity contribution in [2.45, 2.75) is 0 Å². The summed E-state index contributed by atoms with van der Waals surface area (Å²) in [6.07, 6.45) is 0. The topological polar surface area (TPSA) is 66.8 Å². The van der Waals surface area contributed by atoms with Gasteiger partial charge in [0.1, 0.15) is 12.2 Å². The van der Waals surface area contributed by atoms with Crippen LogP contribution in [-0.4, -0.2) is 43.2 Å². The van der Waals surface area contributed by atoms with Crippen LogP contribution in [0.3, 0.4) is 0 Å². The van der Waals surface area contributed by atoms with E-state index in [1.54, 1.807) is 6.07 Å². The van der Waals surface area contributed by atoms with E-state index in [0.29, 0.717) is 12.2 Å². The molecule has 0 saturated carbocycles. The molecule has 1 aliphatic rings. The molecule has 0 spiro atoms. The van der Waals surface area contributed by atoms with Crippen LogP contribution in [0.1, 0.15) is 0 Å². The molecule has 1 aromatic carbocycles. The summed E-state index contributed by atoms with van der Waals surface area (Å²) in [6.45, 7) is 0.459. The van der Waals surface area contributed by atoms with Crippen LogP contribution in [0.25, 0.3) is 0 Å². The summed E-state index contributed by atoms with van der Waals surface area (Å²) >= 11 is 10.3. The van der Waals surface area contributed by atoms with Crippen molar-refractivity contribution in [1.29, 1.82) is 0 Å². The molecule has 5 nitrogen and oxygen atoms in total. The van der Waals surface area contributed by atoms with E-state index in [4.69, 9.17) is 10.2 Å². The second-order valence-electron chi connectivity index (χ2n) is 4.32. The maximum Gasteiger partial charge on any atom is 0.160 e. The molecule has 0 radical (unpaired) electrons. The Hall–Kier alpha value is 0.300. The number of halogens is 3. The summed E-state index contributed by atoms with van der Waals surface area (Å²) < 4.78 is 1.77. The number of fused-ring (bicyclic) bond motifs is 1. The maximum atomic E-state index is 12.8. The first-order valence-corrected chi connectivity index (χ1v) is 8.05. The summed E-state index contributed by atoms with van der Waals surface area (Å²) in [5.74, 6) is 0. The van der Waals surface area contributed by atoms with E-state index in [9.17, 15) is 5.21 Å². The van der Waals surface area contributed by atoms with E-state index in [1.165, 1.54) is 0 Å². The smallest absolute Gasteiger partial charge is 0.160 e. The van der Waals surface area contributed by atoms with Gasteiger partial charge in [-0.3, -0.25) is 0 Å². The van der Waals surface area contributed by atoms with Gasteiger partial charge in [0.25, 0.3) is 0 Å². The van der Waals surface area contributed by atoms with Crippen molar-refractivity contribution in [2.24, 2.45) is 0 Å². The molecule has 0 amide bonds. The third kappa shape index (κ3) is 2.72. The fourth-order valence-electron chi connectivity index (χ4n) is 2.26. The van der Waals surface area contributed by atoms with Crippen molar-refractivity contribution in [1.82, 2.24) is 4.65 Å². The van der Waals surface area contributed by atoms with Gasteiger partial charge in [-0.05, 0) is 47.8 Å². The largest absolute Gasteiger partial charge is 0.626 e. The maximum absolute atomic E-state index is 12.8. The van der Waals surface area contributed by atoms with Crippen LogP contribution in [-0.2, 0) is 0 Å². The van der Waals surface area contributed by atoms with Crippen LogP contribution < -0.4 is 9.55 Å². The second kappa shape index (κ2) is 5.97. The summed E-state index contributed by atoms with van der Waals surface area (Å²) in [7, 11) is 0. The zero-order chi connectivity index (χ0) is 14.2. The third-order valence-corrected chi connectivity index (χ3v) is 6.39. The van der Waals surface area contributed by atoms with E-state index in [-0.39, 0.29) is 26.4 Å². The molecular formula is C11H13Br3N2O3. The number of hydroxylamine groups is 2. The minimum Gasteiger partial charge on any atom is -0.626 e. The highest BCUT2D eigenvalue weighted by Crippen LogP contribution is 2.50. The predicted octanol–water partition coefficient (Wildman–Crippen LogP) is 2.54. The molecular weight excluding hydrogens is 448 g/mol. The summed E-state index contributed by atoms with van der Waals surface area (Å²) in [5, 5.41) is 31.1. The molecule has 0 fully saturated rings. The molecule has 0 bridgehead atoms. The Kier molecular flexibility index (Phi) is 4.92. The van der Waals surface area contributed by atoms with Crippen LogP contribution in [0, 0.1) is 5.21 Å².